The van der Waals surface area contributed by atoms with Gasteiger partial charge in [-0.1, -0.05) is 0 Å². The van der Waals surface area contributed by atoms with Crippen LogP contribution >= 0.6 is 11.3 Å². The molecule has 0 spiro atoms. The van der Waals surface area contributed by atoms with Gasteiger partial charge in [-0.05, 0) is 38.9 Å². The van der Waals surface area contributed by atoms with Crippen LogP contribution in [0.2, 0.25) is 0 Å². The van der Waals surface area contributed by atoms with Crippen LogP contribution in [0.5, 0.6) is 0 Å². The van der Waals surface area contributed by atoms with E-state index in [1.54, 1.807) is 0 Å². The first-order valence-corrected chi connectivity index (χ1v) is 9.31. The van der Waals surface area contributed by atoms with Gasteiger partial charge >= 0.3 is 0 Å². The molecule has 136 valence electrons. The zero-order chi connectivity index (χ0) is 17.8. The fraction of sp³-hybridized carbons (Fsp3) is 0.588. The zero-order valence-electron chi connectivity index (χ0n) is 14.9. The standard InChI is InChI=1S/C17H25N5O2S/c1-11-4-5-13(25-11)8-22-7-6-14(17-18-12(2)20-21-17)15(9-22)19-16(23)10-24-3/h4-5,14-15H,6-10H2,1-3H3,(H,19,23)(H,18,20,21)/t14-,15+/m0/s1. The van der Waals surface area contributed by atoms with Gasteiger partial charge < -0.3 is 10.1 Å². The maximum atomic E-state index is 12.1. The van der Waals surface area contributed by atoms with Gasteiger partial charge in [0.1, 0.15) is 12.4 Å². The summed E-state index contributed by atoms with van der Waals surface area (Å²) in [5, 5.41) is 10.3. The van der Waals surface area contributed by atoms with Crippen LogP contribution < -0.4 is 5.32 Å². The molecule has 0 aliphatic carbocycles. The number of likely N-dealkylation sites (tertiary alicyclic amines) is 1. The fourth-order valence-electron chi connectivity index (χ4n) is 3.31. The number of amides is 1. The number of piperidine rings is 1. The highest BCUT2D eigenvalue weighted by molar-refractivity contribution is 7.11. The Bertz CT molecular complexity index is 713. The molecule has 1 aliphatic rings. The van der Waals surface area contributed by atoms with E-state index >= 15 is 0 Å². The third-order valence-electron chi connectivity index (χ3n) is 4.44. The fourth-order valence-corrected chi connectivity index (χ4v) is 4.25. The minimum absolute atomic E-state index is 0.0207. The first-order valence-electron chi connectivity index (χ1n) is 8.50. The van der Waals surface area contributed by atoms with Gasteiger partial charge in [0.15, 0.2) is 5.82 Å². The molecule has 0 unspecified atom stereocenters. The van der Waals surface area contributed by atoms with Gasteiger partial charge in [0.2, 0.25) is 5.91 Å². The number of aromatic nitrogens is 3. The predicted octanol–water partition coefficient (Wildman–Crippen LogP) is 1.60. The number of methoxy groups -OCH3 is 1. The molecule has 0 aromatic carbocycles. The number of H-pyrrole nitrogens is 1. The highest BCUT2D eigenvalue weighted by Crippen LogP contribution is 2.28. The molecule has 1 fully saturated rings. The lowest BCUT2D eigenvalue weighted by atomic mass is 9.90. The number of aromatic amines is 1. The lowest BCUT2D eigenvalue weighted by molar-refractivity contribution is -0.126. The number of hydrogen-bond donors (Lipinski definition) is 2. The second kappa shape index (κ2) is 8.07. The van der Waals surface area contributed by atoms with Crippen molar-refractivity contribution in [2.45, 2.75) is 38.8 Å². The van der Waals surface area contributed by atoms with Crippen LogP contribution in [-0.2, 0) is 16.1 Å². The molecule has 2 N–H and O–H groups in total. The molecular weight excluding hydrogens is 338 g/mol. The molecule has 0 radical (unpaired) electrons. The van der Waals surface area contributed by atoms with Crippen molar-refractivity contribution in [1.29, 1.82) is 0 Å². The monoisotopic (exact) mass is 363 g/mol. The summed E-state index contributed by atoms with van der Waals surface area (Å²) in [4.78, 5) is 21.6. The number of carbonyl (C=O) groups is 1. The van der Waals surface area contributed by atoms with E-state index in [0.717, 1.165) is 37.7 Å². The number of thiophene rings is 1. The molecule has 1 aliphatic heterocycles. The highest BCUT2D eigenvalue weighted by atomic mass is 32.1. The van der Waals surface area contributed by atoms with Crippen LogP contribution in [0, 0.1) is 13.8 Å². The minimum Gasteiger partial charge on any atom is -0.375 e. The van der Waals surface area contributed by atoms with Crippen molar-refractivity contribution in [2.75, 3.05) is 26.8 Å². The lowest BCUT2D eigenvalue weighted by Crippen LogP contribution is -2.52. The van der Waals surface area contributed by atoms with Gasteiger partial charge in [0.05, 0.1) is 6.04 Å². The molecule has 2 atom stereocenters. The normalized spacial score (nSPS) is 21.4. The van der Waals surface area contributed by atoms with Gasteiger partial charge in [-0.2, -0.15) is 5.10 Å². The molecule has 2 aromatic heterocycles. The largest absolute Gasteiger partial charge is 0.375 e. The predicted molar refractivity (Wildman–Crippen MR) is 96.6 cm³/mol. The number of ether oxygens (including phenoxy) is 1. The number of nitrogens with one attached hydrogen (secondary N) is 2. The summed E-state index contributed by atoms with van der Waals surface area (Å²) in [5.41, 5.74) is 0. The molecule has 1 amide bonds. The first kappa shape index (κ1) is 18.0. The van der Waals surface area contributed by atoms with Gasteiger partial charge in [0.25, 0.3) is 0 Å². The van der Waals surface area contributed by atoms with Crippen LogP contribution in [0.4, 0.5) is 0 Å². The van der Waals surface area contributed by atoms with Crippen molar-refractivity contribution in [2.24, 2.45) is 0 Å². The maximum absolute atomic E-state index is 12.1. The van der Waals surface area contributed by atoms with Gasteiger partial charge in [-0.3, -0.25) is 14.8 Å². The van der Waals surface area contributed by atoms with Crippen LogP contribution in [0.15, 0.2) is 12.1 Å². The number of carbonyl (C=O) groups excluding carboxylic acids is 1. The van der Waals surface area contributed by atoms with E-state index < -0.39 is 0 Å². The van der Waals surface area contributed by atoms with Crippen LogP contribution in [-0.4, -0.2) is 58.8 Å². The molecule has 3 rings (SSSR count). The maximum Gasteiger partial charge on any atom is 0.246 e. The second-order valence-electron chi connectivity index (χ2n) is 6.53. The Hall–Kier alpha value is -1.77. The quantitative estimate of drug-likeness (QED) is 0.815. The Morgan fingerprint density at radius 2 is 2.32 bits per heavy atom. The Balaban J connectivity index is 1.70. The van der Waals surface area contributed by atoms with E-state index in [9.17, 15) is 4.79 Å². The van der Waals surface area contributed by atoms with Gasteiger partial charge in [0, 0.05) is 35.9 Å². The minimum atomic E-state index is -0.0985. The summed E-state index contributed by atoms with van der Waals surface area (Å²) in [6.45, 7) is 6.74. The van der Waals surface area contributed by atoms with E-state index in [1.807, 2.05) is 18.3 Å². The molecule has 0 saturated carbocycles. The van der Waals surface area contributed by atoms with Crippen molar-refractivity contribution in [3.05, 3.63) is 33.5 Å². The summed E-state index contributed by atoms with van der Waals surface area (Å²) in [5.74, 6) is 1.60. The molecular formula is C17H25N5O2S. The SMILES string of the molecule is COCC(=O)N[C@@H]1CN(Cc2ccc(C)s2)CC[C@@H]1c1n[nH]c(C)n1. The van der Waals surface area contributed by atoms with Crippen molar-refractivity contribution in [3.8, 4) is 0 Å². The van der Waals surface area contributed by atoms with E-state index in [0.29, 0.717) is 0 Å². The van der Waals surface area contributed by atoms with Crippen LogP contribution in [0.1, 0.15) is 33.7 Å². The van der Waals surface area contributed by atoms with Gasteiger partial charge in [-0.15, -0.1) is 11.3 Å². The Morgan fingerprint density at radius 3 is 2.96 bits per heavy atom. The summed E-state index contributed by atoms with van der Waals surface area (Å²) in [7, 11) is 1.53. The van der Waals surface area contributed by atoms with Crippen LogP contribution in [0.25, 0.3) is 0 Å². The summed E-state index contributed by atoms with van der Waals surface area (Å²) in [6, 6.07) is 4.32. The first-order chi connectivity index (χ1) is 12.0. The number of hydrogen-bond acceptors (Lipinski definition) is 6. The van der Waals surface area contributed by atoms with Gasteiger partial charge in [-0.25, -0.2) is 4.98 Å². The third kappa shape index (κ3) is 4.65. The summed E-state index contributed by atoms with van der Waals surface area (Å²) < 4.78 is 4.95. The molecule has 7 nitrogen and oxygen atoms in total. The van der Waals surface area contributed by atoms with Crippen LogP contribution in [0.3, 0.4) is 0 Å². The van der Waals surface area contributed by atoms with Crippen molar-refractivity contribution < 1.29 is 9.53 Å². The van der Waals surface area contributed by atoms with E-state index in [4.69, 9.17) is 4.74 Å². The average Bonchev–Trinajstić information content (AvgIpc) is 3.16. The Kier molecular flexibility index (Phi) is 5.82. The van der Waals surface area contributed by atoms with Crippen molar-refractivity contribution >= 4 is 17.2 Å². The second-order valence-corrected chi connectivity index (χ2v) is 7.90. The Morgan fingerprint density at radius 1 is 1.48 bits per heavy atom. The summed E-state index contributed by atoms with van der Waals surface area (Å²) in [6.07, 6.45) is 0.916. The molecule has 8 heteroatoms. The Labute approximate surface area is 151 Å². The smallest absolute Gasteiger partial charge is 0.246 e. The molecule has 25 heavy (non-hydrogen) atoms. The zero-order valence-corrected chi connectivity index (χ0v) is 15.7. The van der Waals surface area contributed by atoms with E-state index in [1.165, 1.54) is 16.9 Å². The van der Waals surface area contributed by atoms with E-state index in [2.05, 4.69) is 44.5 Å². The topological polar surface area (TPSA) is 83.1 Å². The molecule has 3 heterocycles. The van der Waals surface area contributed by atoms with Crippen molar-refractivity contribution in [1.82, 2.24) is 25.4 Å². The van der Waals surface area contributed by atoms with Crippen molar-refractivity contribution in [3.63, 3.8) is 0 Å². The van der Waals surface area contributed by atoms with E-state index in [-0.39, 0.29) is 24.5 Å². The number of aryl methyl sites for hydroxylation is 2. The lowest BCUT2D eigenvalue weighted by Gasteiger charge is -2.37. The highest BCUT2D eigenvalue weighted by Gasteiger charge is 2.34. The number of nitrogens with zero attached hydrogens (tertiary/aromatic N) is 3. The summed E-state index contributed by atoms with van der Waals surface area (Å²) >= 11 is 1.83. The number of rotatable bonds is 6. The molecule has 1 saturated heterocycles. The third-order valence-corrected chi connectivity index (χ3v) is 5.43. The molecule has 0 bridgehead atoms. The molecule has 2 aromatic rings. The average molecular weight is 363 g/mol.